The van der Waals surface area contributed by atoms with E-state index in [0.717, 1.165) is 11.6 Å². The van der Waals surface area contributed by atoms with Crippen molar-refractivity contribution in [3.8, 4) is 46.0 Å². The second-order valence-electron chi connectivity index (χ2n) is 10.7. The molecule has 0 heterocycles. The van der Waals surface area contributed by atoms with E-state index in [4.69, 9.17) is 0 Å². The second-order valence-corrected chi connectivity index (χ2v) is 10.7. The number of phenolic OH excluding ortho intramolecular Hbond substituents is 8. The lowest BCUT2D eigenvalue weighted by molar-refractivity contribution is 0.0876. The van der Waals surface area contributed by atoms with Crippen molar-refractivity contribution >= 4 is 17.9 Å². The molecule has 0 saturated carbocycles. The van der Waals surface area contributed by atoms with Gasteiger partial charge in [0.2, 0.25) is 0 Å². The number of allylic oxidation sites excluding steroid dienone is 2. The molecule has 0 radical (unpaired) electrons. The number of aromatic hydroxyl groups is 8. The molecule has 0 fully saturated rings. The molecular weight excluding hydrogens is 552 g/mol. The molecule has 8 N–H and O–H groups in total. The summed E-state index contributed by atoms with van der Waals surface area (Å²) >= 11 is 0. The van der Waals surface area contributed by atoms with Gasteiger partial charge in [-0.05, 0) is 66.9 Å². The zero-order chi connectivity index (χ0) is 31.0. The van der Waals surface area contributed by atoms with Gasteiger partial charge >= 0.3 is 0 Å². The van der Waals surface area contributed by atoms with Gasteiger partial charge in [-0.15, -0.1) is 0 Å². The van der Waals surface area contributed by atoms with Gasteiger partial charge in [-0.1, -0.05) is 29.9 Å². The van der Waals surface area contributed by atoms with Crippen LogP contribution < -0.4 is 0 Å². The van der Waals surface area contributed by atoms with Crippen LogP contribution >= 0.6 is 0 Å². The molecule has 5 rings (SSSR count). The topological polar surface area (TPSA) is 179 Å². The molecule has 0 amide bonds. The minimum absolute atomic E-state index is 0.0589. The van der Waals surface area contributed by atoms with Gasteiger partial charge in [0.25, 0.3) is 0 Å². The summed E-state index contributed by atoms with van der Waals surface area (Å²) in [6.45, 7) is 1.82. The normalized spacial score (nSPS) is 18.4. The first-order valence-corrected chi connectivity index (χ1v) is 13.4. The minimum atomic E-state index is -1.04. The van der Waals surface area contributed by atoms with Gasteiger partial charge in [-0.25, -0.2) is 0 Å². The first-order valence-electron chi connectivity index (χ1n) is 13.4. The Morgan fingerprint density at radius 3 is 1.86 bits per heavy atom. The summed E-state index contributed by atoms with van der Waals surface area (Å²) in [7, 11) is 0. The highest BCUT2D eigenvalue weighted by Gasteiger charge is 2.43. The van der Waals surface area contributed by atoms with Crippen molar-refractivity contribution in [3.63, 3.8) is 0 Å². The zero-order valence-corrected chi connectivity index (χ0v) is 23.0. The van der Waals surface area contributed by atoms with Crippen LogP contribution in [0.25, 0.3) is 12.2 Å². The smallest absolute Gasteiger partial charge is 0.171 e. The van der Waals surface area contributed by atoms with Crippen LogP contribution in [0.5, 0.6) is 46.0 Å². The highest BCUT2D eigenvalue weighted by atomic mass is 16.3. The Morgan fingerprint density at radius 1 is 0.674 bits per heavy atom. The summed E-state index contributed by atoms with van der Waals surface area (Å²) < 4.78 is 0. The number of hydrogen-bond acceptors (Lipinski definition) is 9. The molecule has 43 heavy (non-hydrogen) atoms. The fourth-order valence-corrected chi connectivity index (χ4v) is 5.81. The fraction of sp³-hybridized carbons (Fsp3) is 0.147. The van der Waals surface area contributed by atoms with Gasteiger partial charge in [0.05, 0.1) is 5.56 Å². The molecule has 4 aromatic carbocycles. The van der Waals surface area contributed by atoms with Gasteiger partial charge in [-0.2, -0.15) is 0 Å². The summed E-state index contributed by atoms with van der Waals surface area (Å²) in [5.74, 6) is -5.17. The van der Waals surface area contributed by atoms with E-state index in [0.29, 0.717) is 23.1 Å². The summed E-state index contributed by atoms with van der Waals surface area (Å²) in [5.41, 5.74) is 1.92. The summed E-state index contributed by atoms with van der Waals surface area (Å²) in [6, 6.07) is 14.5. The quantitative estimate of drug-likeness (QED) is 0.0744. The molecule has 9 heteroatoms. The van der Waals surface area contributed by atoms with E-state index < -0.39 is 29.3 Å². The Hall–Kier alpha value is -5.57. The Balaban J connectivity index is 1.62. The highest BCUT2D eigenvalue weighted by molar-refractivity contribution is 6.02. The van der Waals surface area contributed by atoms with Crippen LogP contribution in [0.4, 0.5) is 0 Å². The average molecular weight is 583 g/mol. The number of benzene rings is 4. The van der Waals surface area contributed by atoms with Gasteiger partial charge in [0, 0.05) is 47.1 Å². The van der Waals surface area contributed by atoms with Crippen molar-refractivity contribution in [2.45, 2.75) is 25.2 Å². The third-order valence-corrected chi connectivity index (χ3v) is 7.75. The fourth-order valence-electron chi connectivity index (χ4n) is 5.81. The van der Waals surface area contributed by atoms with Gasteiger partial charge in [0.15, 0.2) is 5.78 Å². The molecule has 0 spiro atoms. The van der Waals surface area contributed by atoms with Crippen molar-refractivity contribution < 1.29 is 45.6 Å². The van der Waals surface area contributed by atoms with E-state index in [1.807, 2.05) is 6.92 Å². The lowest BCUT2D eigenvalue weighted by atomic mass is 9.65. The van der Waals surface area contributed by atoms with Crippen LogP contribution in [0.2, 0.25) is 0 Å². The molecule has 0 aliphatic heterocycles. The van der Waals surface area contributed by atoms with E-state index in [1.54, 1.807) is 12.2 Å². The molecule has 4 aromatic rings. The third-order valence-electron chi connectivity index (χ3n) is 7.75. The maximum atomic E-state index is 14.2. The number of phenols is 8. The molecule has 1 aliphatic carbocycles. The molecule has 0 saturated heterocycles. The van der Waals surface area contributed by atoms with Crippen LogP contribution in [0.3, 0.4) is 0 Å². The largest absolute Gasteiger partial charge is 0.508 e. The third kappa shape index (κ3) is 5.78. The van der Waals surface area contributed by atoms with Crippen molar-refractivity contribution in [3.05, 3.63) is 106 Å². The number of rotatable bonds is 6. The Kier molecular flexibility index (Phi) is 7.65. The van der Waals surface area contributed by atoms with E-state index in [-0.39, 0.29) is 51.4 Å². The van der Waals surface area contributed by atoms with Crippen molar-refractivity contribution in [1.82, 2.24) is 0 Å². The van der Waals surface area contributed by atoms with Crippen LogP contribution in [0, 0.1) is 5.92 Å². The molecule has 9 nitrogen and oxygen atoms in total. The standard InChI is InChI=1S/C34H30O9/c1-17-10-25(23-8-6-21(36)15-28(23)39)32(34(43)24-9-7-22(37)16-29(24)40)26(11-17)33-30(41)12-18(13-31(33)42)2-3-19-4-5-20(35)14-27(19)38/h2-9,11-16,25-26,32,35-42H,10H2,1H3. The molecule has 0 bridgehead atoms. The summed E-state index contributed by atoms with van der Waals surface area (Å²) in [6.07, 6.45) is 5.16. The van der Waals surface area contributed by atoms with Crippen molar-refractivity contribution in [2.75, 3.05) is 0 Å². The Morgan fingerprint density at radius 2 is 1.26 bits per heavy atom. The lowest BCUT2D eigenvalue weighted by Gasteiger charge is -2.37. The predicted octanol–water partition coefficient (Wildman–Crippen LogP) is 6.22. The van der Waals surface area contributed by atoms with Gasteiger partial charge in [0.1, 0.15) is 46.0 Å². The van der Waals surface area contributed by atoms with Crippen LogP contribution in [-0.4, -0.2) is 46.6 Å². The molecule has 1 aliphatic rings. The number of hydrogen-bond donors (Lipinski definition) is 8. The number of Topliss-reactive ketones (excluding diaryl/α,β-unsaturated/α-hetero) is 1. The predicted molar refractivity (Wildman–Crippen MR) is 160 cm³/mol. The van der Waals surface area contributed by atoms with Crippen LogP contribution in [-0.2, 0) is 0 Å². The van der Waals surface area contributed by atoms with Crippen molar-refractivity contribution in [1.29, 1.82) is 0 Å². The SMILES string of the molecule is CC1=CC(c2c(O)cc(C=Cc3ccc(O)cc3O)cc2O)C(C(=O)c2ccc(O)cc2O)C(c2ccc(O)cc2O)C1. The Bertz CT molecular complexity index is 1760. The van der Waals surface area contributed by atoms with Gasteiger partial charge in [-0.3, -0.25) is 4.79 Å². The first-order chi connectivity index (χ1) is 20.4. The second kappa shape index (κ2) is 11.4. The van der Waals surface area contributed by atoms with E-state index in [9.17, 15) is 45.6 Å². The molecular formula is C34H30O9. The maximum Gasteiger partial charge on any atom is 0.171 e. The van der Waals surface area contributed by atoms with E-state index in [1.165, 1.54) is 66.7 Å². The number of ketones is 1. The van der Waals surface area contributed by atoms with E-state index >= 15 is 0 Å². The zero-order valence-electron chi connectivity index (χ0n) is 23.0. The molecule has 3 atom stereocenters. The lowest BCUT2D eigenvalue weighted by Crippen LogP contribution is -2.31. The molecule has 3 unspecified atom stereocenters. The number of carbonyl (C=O) groups is 1. The molecule has 0 aromatic heterocycles. The Labute approximate surface area is 246 Å². The monoisotopic (exact) mass is 582 g/mol. The number of carbonyl (C=O) groups excluding carboxylic acids is 1. The maximum absolute atomic E-state index is 14.2. The van der Waals surface area contributed by atoms with Crippen LogP contribution in [0.1, 0.15) is 57.8 Å². The molecule has 220 valence electrons. The average Bonchev–Trinajstić information content (AvgIpc) is 2.91. The minimum Gasteiger partial charge on any atom is -0.508 e. The summed E-state index contributed by atoms with van der Waals surface area (Å²) in [4.78, 5) is 14.2. The highest BCUT2D eigenvalue weighted by Crippen LogP contribution is 2.52. The first kappa shape index (κ1) is 28.9. The van der Waals surface area contributed by atoms with Crippen molar-refractivity contribution in [2.24, 2.45) is 5.92 Å². The summed E-state index contributed by atoms with van der Waals surface area (Å²) in [5, 5.41) is 83.1. The van der Waals surface area contributed by atoms with E-state index in [2.05, 4.69) is 0 Å². The van der Waals surface area contributed by atoms with Crippen LogP contribution in [0.15, 0.2) is 78.4 Å². The van der Waals surface area contributed by atoms with Gasteiger partial charge < -0.3 is 40.9 Å².